The molecule has 1 aliphatic rings. The molecule has 1 N–H and O–H groups in total. The first kappa shape index (κ1) is 9.91. The van der Waals surface area contributed by atoms with Gasteiger partial charge >= 0.3 is 0 Å². The van der Waals surface area contributed by atoms with Gasteiger partial charge in [0.1, 0.15) is 0 Å². The van der Waals surface area contributed by atoms with E-state index in [1.54, 1.807) is 0 Å². The summed E-state index contributed by atoms with van der Waals surface area (Å²) >= 11 is 1.81. The van der Waals surface area contributed by atoms with Crippen LogP contribution in [0.5, 0.6) is 0 Å². The van der Waals surface area contributed by atoms with E-state index in [-0.39, 0.29) is 0 Å². The van der Waals surface area contributed by atoms with Gasteiger partial charge in [0.05, 0.1) is 0 Å². The van der Waals surface area contributed by atoms with E-state index in [1.165, 1.54) is 23.4 Å². The topological polar surface area (TPSA) is 12.0 Å². The second kappa shape index (κ2) is 4.26. The monoisotopic (exact) mass is 207 g/mol. The van der Waals surface area contributed by atoms with E-state index >= 15 is 0 Å². The van der Waals surface area contributed by atoms with Crippen molar-refractivity contribution in [2.75, 3.05) is 11.6 Å². The molecule has 1 saturated carbocycles. The van der Waals surface area contributed by atoms with Gasteiger partial charge in [-0.2, -0.15) is 0 Å². The molecule has 0 radical (unpaired) electrons. The maximum atomic E-state index is 3.60. The van der Waals surface area contributed by atoms with Crippen LogP contribution in [0.1, 0.15) is 19.8 Å². The Kier molecular flexibility index (Phi) is 3.02. The molecular weight excluding hydrogens is 190 g/mol. The number of nitrogens with one attached hydrogen (secondary N) is 1. The average molecular weight is 207 g/mol. The predicted molar refractivity (Wildman–Crippen MR) is 64.0 cm³/mol. The molecule has 76 valence electrons. The van der Waals surface area contributed by atoms with Gasteiger partial charge in [0, 0.05) is 16.6 Å². The second-order valence-electron chi connectivity index (χ2n) is 3.97. The zero-order valence-electron chi connectivity index (χ0n) is 8.79. The van der Waals surface area contributed by atoms with Crippen LogP contribution in [0.3, 0.4) is 0 Å². The van der Waals surface area contributed by atoms with Crippen molar-refractivity contribution in [3.63, 3.8) is 0 Å². The Morgan fingerprint density at radius 1 is 1.36 bits per heavy atom. The minimum Gasteiger partial charge on any atom is -0.381 e. The van der Waals surface area contributed by atoms with Crippen molar-refractivity contribution in [3.05, 3.63) is 24.3 Å². The minimum absolute atomic E-state index is 0.628. The third kappa shape index (κ3) is 2.24. The quantitative estimate of drug-likeness (QED) is 0.757. The number of anilines is 1. The van der Waals surface area contributed by atoms with Gasteiger partial charge in [0.25, 0.3) is 0 Å². The number of hydrogen-bond acceptors (Lipinski definition) is 2. The van der Waals surface area contributed by atoms with Crippen LogP contribution < -0.4 is 5.32 Å². The third-order valence-corrected chi connectivity index (χ3v) is 3.62. The SMILES string of the molecule is CSc1ccccc1N[C@@H](C)C1CC1. The van der Waals surface area contributed by atoms with Gasteiger partial charge in [-0.15, -0.1) is 11.8 Å². The molecule has 0 unspecified atom stereocenters. The molecule has 0 bridgehead atoms. The molecule has 2 heteroatoms. The molecule has 1 nitrogen and oxygen atoms in total. The number of benzene rings is 1. The largest absolute Gasteiger partial charge is 0.381 e. The lowest BCUT2D eigenvalue weighted by Gasteiger charge is -2.16. The van der Waals surface area contributed by atoms with E-state index in [0.29, 0.717) is 6.04 Å². The van der Waals surface area contributed by atoms with E-state index in [0.717, 1.165) is 5.92 Å². The Morgan fingerprint density at radius 3 is 2.71 bits per heavy atom. The van der Waals surface area contributed by atoms with E-state index < -0.39 is 0 Å². The summed E-state index contributed by atoms with van der Waals surface area (Å²) in [6, 6.07) is 9.17. The lowest BCUT2D eigenvalue weighted by atomic mass is 10.2. The van der Waals surface area contributed by atoms with Crippen molar-refractivity contribution in [1.29, 1.82) is 0 Å². The van der Waals surface area contributed by atoms with Crippen LogP contribution in [0.4, 0.5) is 5.69 Å². The number of thioether (sulfide) groups is 1. The smallest absolute Gasteiger partial charge is 0.0480 e. The van der Waals surface area contributed by atoms with Crippen LogP contribution in [0.2, 0.25) is 0 Å². The molecule has 0 spiro atoms. The fourth-order valence-corrected chi connectivity index (χ4v) is 2.28. The molecule has 0 aromatic heterocycles. The van der Waals surface area contributed by atoms with Crippen LogP contribution in [-0.2, 0) is 0 Å². The summed E-state index contributed by atoms with van der Waals surface area (Å²) in [7, 11) is 0. The Labute approximate surface area is 90.3 Å². The first-order valence-corrected chi connectivity index (χ1v) is 6.43. The van der Waals surface area contributed by atoms with Crippen molar-refractivity contribution >= 4 is 17.4 Å². The van der Waals surface area contributed by atoms with Crippen LogP contribution in [0, 0.1) is 5.92 Å². The van der Waals surface area contributed by atoms with Gasteiger partial charge < -0.3 is 5.32 Å². The fraction of sp³-hybridized carbons (Fsp3) is 0.500. The molecule has 1 aromatic carbocycles. The number of hydrogen-bond donors (Lipinski definition) is 1. The highest BCUT2D eigenvalue weighted by molar-refractivity contribution is 7.98. The van der Waals surface area contributed by atoms with Crippen molar-refractivity contribution in [2.45, 2.75) is 30.7 Å². The van der Waals surface area contributed by atoms with Gasteiger partial charge in [-0.05, 0) is 44.1 Å². The van der Waals surface area contributed by atoms with Crippen molar-refractivity contribution in [1.82, 2.24) is 0 Å². The third-order valence-electron chi connectivity index (χ3n) is 2.82. The summed E-state index contributed by atoms with van der Waals surface area (Å²) in [6.45, 7) is 2.29. The molecular formula is C12H17NS. The molecule has 1 aliphatic carbocycles. The van der Waals surface area contributed by atoms with Gasteiger partial charge in [-0.1, -0.05) is 12.1 Å². The Hall–Kier alpha value is -0.630. The summed E-state index contributed by atoms with van der Waals surface area (Å²) < 4.78 is 0. The zero-order valence-corrected chi connectivity index (χ0v) is 9.60. The van der Waals surface area contributed by atoms with Crippen LogP contribution in [0.25, 0.3) is 0 Å². The number of para-hydroxylation sites is 1. The maximum absolute atomic E-state index is 3.60. The normalized spacial score (nSPS) is 17.9. The lowest BCUT2D eigenvalue weighted by Crippen LogP contribution is -2.17. The molecule has 2 rings (SSSR count). The molecule has 14 heavy (non-hydrogen) atoms. The van der Waals surface area contributed by atoms with E-state index in [9.17, 15) is 0 Å². The maximum Gasteiger partial charge on any atom is 0.0480 e. The highest BCUT2D eigenvalue weighted by Crippen LogP contribution is 2.35. The summed E-state index contributed by atoms with van der Waals surface area (Å²) in [6.07, 6.45) is 4.92. The predicted octanol–water partition coefficient (Wildman–Crippen LogP) is 3.62. The molecule has 1 atom stereocenters. The summed E-state index contributed by atoms with van der Waals surface area (Å²) in [4.78, 5) is 1.35. The van der Waals surface area contributed by atoms with Gasteiger partial charge in [0.2, 0.25) is 0 Å². The van der Waals surface area contributed by atoms with Crippen molar-refractivity contribution < 1.29 is 0 Å². The molecule has 1 fully saturated rings. The Morgan fingerprint density at radius 2 is 2.07 bits per heavy atom. The molecule has 0 heterocycles. The second-order valence-corrected chi connectivity index (χ2v) is 4.82. The van der Waals surface area contributed by atoms with E-state index in [4.69, 9.17) is 0 Å². The van der Waals surface area contributed by atoms with Crippen molar-refractivity contribution in [3.8, 4) is 0 Å². The molecule has 0 saturated heterocycles. The standard InChI is InChI=1S/C12H17NS/c1-9(10-7-8-10)13-11-5-3-4-6-12(11)14-2/h3-6,9-10,13H,7-8H2,1-2H3/t9-/m0/s1. The van der Waals surface area contributed by atoms with Crippen LogP contribution in [0.15, 0.2) is 29.2 Å². The van der Waals surface area contributed by atoms with Crippen LogP contribution in [-0.4, -0.2) is 12.3 Å². The summed E-state index contributed by atoms with van der Waals surface area (Å²) in [5, 5.41) is 3.60. The summed E-state index contributed by atoms with van der Waals surface area (Å²) in [5.41, 5.74) is 1.29. The number of rotatable bonds is 4. The van der Waals surface area contributed by atoms with E-state index in [1.807, 2.05) is 11.8 Å². The lowest BCUT2D eigenvalue weighted by molar-refractivity contribution is 0.692. The molecule has 1 aromatic rings. The zero-order chi connectivity index (χ0) is 9.97. The van der Waals surface area contributed by atoms with Crippen LogP contribution >= 0.6 is 11.8 Å². The first-order chi connectivity index (χ1) is 6.81. The molecule has 0 amide bonds. The van der Waals surface area contributed by atoms with Gasteiger partial charge in [-0.25, -0.2) is 0 Å². The van der Waals surface area contributed by atoms with E-state index in [2.05, 4.69) is 42.8 Å². The Bertz CT molecular complexity index is 307. The highest BCUT2D eigenvalue weighted by atomic mass is 32.2. The fourth-order valence-electron chi connectivity index (χ4n) is 1.72. The first-order valence-electron chi connectivity index (χ1n) is 5.21. The summed E-state index contributed by atoms with van der Waals surface area (Å²) in [5.74, 6) is 0.907. The molecule has 0 aliphatic heterocycles. The Balaban J connectivity index is 2.06. The minimum atomic E-state index is 0.628. The average Bonchev–Trinajstić information content (AvgIpc) is 3.02. The highest BCUT2D eigenvalue weighted by Gasteiger charge is 2.27. The van der Waals surface area contributed by atoms with Crippen molar-refractivity contribution in [2.24, 2.45) is 5.92 Å². The van der Waals surface area contributed by atoms with Gasteiger partial charge in [0.15, 0.2) is 0 Å². The van der Waals surface area contributed by atoms with Gasteiger partial charge in [-0.3, -0.25) is 0 Å².